The number of methoxy groups -OCH3 is 2. The summed E-state index contributed by atoms with van der Waals surface area (Å²) in [5.74, 6) is 1.67. The molecule has 2 amide bonds. The van der Waals surface area contributed by atoms with Crippen molar-refractivity contribution < 1.29 is 19.1 Å². The minimum Gasteiger partial charge on any atom is -0.493 e. The fraction of sp³-hybridized carbons (Fsp3) is 0.500. The van der Waals surface area contributed by atoms with Gasteiger partial charge in [0.25, 0.3) is 5.91 Å². The lowest BCUT2D eigenvalue weighted by molar-refractivity contribution is -0.115. The Morgan fingerprint density at radius 3 is 2.55 bits per heavy atom. The molecule has 1 aliphatic rings. The van der Waals surface area contributed by atoms with Crippen molar-refractivity contribution in [3.63, 3.8) is 0 Å². The quantitative estimate of drug-likeness (QED) is 0.648. The predicted octanol–water partition coefficient (Wildman–Crippen LogP) is 3.01. The summed E-state index contributed by atoms with van der Waals surface area (Å²) in [5.41, 5.74) is 1.34. The molecule has 2 N–H and O–H groups in total. The normalized spacial score (nSPS) is 19.0. The second kappa shape index (κ2) is 10.6. The van der Waals surface area contributed by atoms with Crippen molar-refractivity contribution in [2.24, 2.45) is 11.8 Å². The van der Waals surface area contributed by atoms with Crippen LogP contribution < -0.4 is 20.1 Å². The first-order chi connectivity index (χ1) is 14.9. The van der Waals surface area contributed by atoms with Crippen LogP contribution in [0.15, 0.2) is 23.6 Å². The molecule has 1 aromatic carbocycles. The maximum Gasteiger partial charge on any atom is 0.251 e. The summed E-state index contributed by atoms with van der Waals surface area (Å²) >= 11 is 1.39. The van der Waals surface area contributed by atoms with E-state index in [0.717, 1.165) is 25.3 Å². The van der Waals surface area contributed by atoms with E-state index >= 15 is 0 Å². The highest BCUT2D eigenvalue weighted by Gasteiger charge is 2.22. The molecule has 0 aliphatic carbocycles. The number of likely N-dealkylation sites (tertiary alicyclic amines) is 1. The SMILES string of the molecule is COc1ccc(C(=O)NCC(=O)Nc2nc(CN3CC(C)CC(C)C3)cs2)cc1OC. The molecule has 0 radical (unpaired) electrons. The van der Waals surface area contributed by atoms with Crippen molar-refractivity contribution in [2.75, 3.05) is 39.2 Å². The summed E-state index contributed by atoms with van der Waals surface area (Å²) in [6.45, 7) is 7.36. The first kappa shape index (κ1) is 23.0. The van der Waals surface area contributed by atoms with E-state index in [1.54, 1.807) is 18.2 Å². The van der Waals surface area contributed by atoms with Gasteiger partial charge in [0, 0.05) is 30.6 Å². The van der Waals surface area contributed by atoms with Crippen LogP contribution in [0, 0.1) is 11.8 Å². The average Bonchev–Trinajstić information content (AvgIpc) is 3.17. The smallest absolute Gasteiger partial charge is 0.251 e. The largest absolute Gasteiger partial charge is 0.493 e. The number of hydrogen-bond donors (Lipinski definition) is 2. The number of benzene rings is 1. The van der Waals surface area contributed by atoms with Crippen LogP contribution in [0.1, 0.15) is 36.3 Å². The number of nitrogens with zero attached hydrogens (tertiary/aromatic N) is 2. The Morgan fingerprint density at radius 2 is 1.87 bits per heavy atom. The lowest BCUT2D eigenvalue weighted by atomic mass is 9.92. The maximum absolute atomic E-state index is 12.3. The third-order valence-corrected chi connectivity index (χ3v) is 5.99. The third-order valence-electron chi connectivity index (χ3n) is 5.18. The van der Waals surface area contributed by atoms with Crippen LogP contribution in [-0.4, -0.2) is 55.6 Å². The van der Waals surface area contributed by atoms with Gasteiger partial charge in [-0.1, -0.05) is 13.8 Å². The van der Waals surface area contributed by atoms with E-state index in [4.69, 9.17) is 9.47 Å². The molecule has 1 aliphatic heterocycles. The van der Waals surface area contributed by atoms with Crippen molar-refractivity contribution in [3.8, 4) is 11.5 Å². The van der Waals surface area contributed by atoms with E-state index in [0.29, 0.717) is 34.0 Å². The Kier molecular flexibility index (Phi) is 7.86. The number of aromatic nitrogens is 1. The summed E-state index contributed by atoms with van der Waals surface area (Å²) in [6, 6.07) is 4.83. The van der Waals surface area contributed by atoms with Gasteiger partial charge in [0.1, 0.15) is 0 Å². The topological polar surface area (TPSA) is 92.8 Å². The Labute approximate surface area is 186 Å². The van der Waals surface area contributed by atoms with Crippen molar-refractivity contribution in [1.29, 1.82) is 0 Å². The number of ether oxygens (including phenoxy) is 2. The highest BCUT2D eigenvalue weighted by Crippen LogP contribution is 2.27. The summed E-state index contributed by atoms with van der Waals surface area (Å²) in [4.78, 5) is 31.5. The lowest BCUT2D eigenvalue weighted by Gasteiger charge is -2.34. The summed E-state index contributed by atoms with van der Waals surface area (Å²) in [6.07, 6.45) is 1.27. The molecule has 2 unspecified atom stereocenters. The first-order valence-corrected chi connectivity index (χ1v) is 11.2. The molecule has 8 nitrogen and oxygen atoms in total. The van der Waals surface area contributed by atoms with Crippen molar-refractivity contribution in [2.45, 2.75) is 26.8 Å². The number of hydrogen-bond acceptors (Lipinski definition) is 7. The Hall–Kier alpha value is -2.65. The van der Waals surface area contributed by atoms with Crippen LogP contribution in [0.3, 0.4) is 0 Å². The summed E-state index contributed by atoms with van der Waals surface area (Å²) in [5, 5.41) is 7.88. The highest BCUT2D eigenvalue weighted by atomic mass is 32.1. The van der Waals surface area contributed by atoms with Crippen LogP contribution >= 0.6 is 11.3 Å². The Balaban J connectivity index is 1.48. The average molecular weight is 447 g/mol. The zero-order valence-corrected chi connectivity index (χ0v) is 19.3. The van der Waals surface area contributed by atoms with E-state index in [1.807, 2.05) is 5.38 Å². The van der Waals surface area contributed by atoms with Gasteiger partial charge in [-0.05, 0) is 36.5 Å². The van der Waals surface area contributed by atoms with Crippen LogP contribution in [0.25, 0.3) is 0 Å². The van der Waals surface area contributed by atoms with E-state index in [-0.39, 0.29) is 18.4 Å². The predicted molar refractivity (Wildman–Crippen MR) is 121 cm³/mol. The Morgan fingerprint density at radius 1 is 1.16 bits per heavy atom. The second-order valence-electron chi connectivity index (χ2n) is 8.08. The molecule has 1 saturated heterocycles. The fourth-order valence-corrected chi connectivity index (χ4v) is 4.71. The molecule has 2 aromatic rings. The molecule has 1 fully saturated rings. The van der Waals surface area contributed by atoms with Gasteiger partial charge in [-0.3, -0.25) is 14.5 Å². The number of anilines is 1. The number of carbonyl (C=O) groups excluding carboxylic acids is 2. The van der Waals surface area contributed by atoms with Crippen LogP contribution in [0.2, 0.25) is 0 Å². The molecule has 0 bridgehead atoms. The summed E-state index contributed by atoms with van der Waals surface area (Å²) in [7, 11) is 3.03. The summed E-state index contributed by atoms with van der Waals surface area (Å²) < 4.78 is 10.4. The Bertz CT molecular complexity index is 907. The molecule has 31 heavy (non-hydrogen) atoms. The number of thiazole rings is 1. The van der Waals surface area contributed by atoms with E-state index in [2.05, 4.69) is 34.4 Å². The lowest BCUT2D eigenvalue weighted by Crippen LogP contribution is -2.38. The van der Waals surface area contributed by atoms with Crippen molar-refractivity contribution in [1.82, 2.24) is 15.2 Å². The fourth-order valence-electron chi connectivity index (χ4n) is 3.99. The zero-order valence-electron chi connectivity index (χ0n) is 18.4. The van der Waals surface area contributed by atoms with Crippen LogP contribution in [-0.2, 0) is 11.3 Å². The van der Waals surface area contributed by atoms with Gasteiger partial charge in [0.15, 0.2) is 16.6 Å². The number of carbonyl (C=O) groups is 2. The van der Waals surface area contributed by atoms with Gasteiger partial charge < -0.3 is 20.1 Å². The van der Waals surface area contributed by atoms with Crippen molar-refractivity contribution in [3.05, 3.63) is 34.8 Å². The molecule has 9 heteroatoms. The maximum atomic E-state index is 12.3. The molecular weight excluding hydrogens is 416 g/mol. The van der Waals surface area contributed by atoms with Gasteiger partial charge >= 0.3 is 0 Å². The molecule has 168 valence electrons. The molecule has 0 saturated carbocycles. The van der Waals surface area contributed by atoms with Crippen LogP contribution in [0.5, 0.6) is 11.5 Å². The monoisotopic (exact) mass is 446 g/mol. The third kappa shape index (κ3) is 6.41. The van der Waals surface area contributed by atoms with Gasteiger partial charge in [-0.25, -0.2) is 4.98 Å². The van der Waals surface area contributed by atoms with E-state index in [9.17, 15) is 9.59 Å². The first-order valence-electron chi connectivity index (χ1n) is 10.3. The minimum atomic E-state index is -0.371. The minimum absolute atomic E-state index is 0.150. The number of rotatable bonds is 8. The number of nitrogens with one attached hydrogen (secondary N) is 2. The van der Waals surface area contributed by atoms with Crippen molar-refractivity contribution >= 4 is 28.3 Å². The molecule has 2 atom stereocenters. The molecular formula is C22H30N4O4S. The van der Waals surface area contributed by atoms with Gasteiger partial charge in [-0.2, -0.15) is 0 Å². The number of amides is 2. The molecule has 2 heterocycles. The molecule has 3 rings (SSSR count). The second-order valence-corrected chi connectivity index (χ2v) is 8.94. The molecule has 0 spiro atoms. The molecule has 1 aromatic heterocycles. The van der Waals surface area contributed by atoms with Gasteiger partial charge in [-0.15, -0.1) is 11.3 Å². The van der Waals surface area contributed by atoms with E-state index in [1.165, 1.54) is 32.0 Å². The van der Waals surface area contributed by atoms with Gasteiger partial charge in [0.05, 0.1) is 26.5 Å². The van der Waals surface area contributed by atoms with Crippen LogP contribution in [0.4, 0.5) is 5.13 Å². The number of piperidine rings is 1. The zero-order chi connectivity index (χ0) is 22.4. The standard InChI is InChI=1S/C22H30N4O4S/c1-14-7-15(2)11-26(10-14)12-17-13-31-22(24-17)25-20(27)9-23-21(28)16-5-6-18(29-3)19(8-16)30-4/h5-6,8,13-15H,7,9-12H2,1-4H3,(H,23,28)(H,24,25,27). The van der Waals surface area contributed by atoms with E-state index < -0.39 is 0 Å². The van der Waals surface area contributed by atoms with Gasteiger partial charge in [0.2, 0.25) is 5.91 Å². The highest BCUT2D eigenvalue weighted by molar-refractivity contribution is 7.13.